The summed E-state index contributed by atoms with van der Waals surface area (Å²) in [7, 11) is -4.41. The fourth-order valence-corrected chi connectivity index (χ4v) is 2.27. The molecule has 0 aromatic heterocycles. The summed E-state index contributed by atoms with van der Waals surface area (Å²) in [6.45, 7) is 2.21. The second-order valence-corrected chi connectivity index (χ2v) is 5.73. The van der Waals surface area contributed by atoms with Crippen LogP contribution >= 0.6 is 0 Å². The van der Waals surface area contributed by atoms with Gasteiger partial charge >= 0.3 is 10.4 Å². The van der Waals surface area contributed by atoms with Crippen LogP contribution in [0.4, 0.5) is 0 Å². The van der Waals surface area contributed by atoms with Crippen LogP contribution < -0.4 is 5.73 Å². The van der Waals surface area contributed by atoms with E-state index < -0.39 is 16.6 Å². The first-order chi connectivity index (χ1) is 8.45. The molecule has 0 radical (unpaired) electrons. The van der Waals surface area contributed by atoms with Crippen molar-refractivity contribution in [3.63, 3.8) is 0 Å². The van der Waals surface area contributed by atoms with Gasteiger partial charge in [-0.05, 0) is 12.8 Å². The maximum absolute atomic E-state index is 10.4. The maximum Gasteiger partial charge on any atom is 0.398 e. The fraction of sp³-hybridized carbons (Fsp3) is 1.00. The zero-order valence-electron chi connectivity index (χ0n) is 11.3. The molecule has 1 unspecified atom stereocenters. The van der Waals surface area contributed by atoms with Crippen molar-refractivity contribution in [3.05, 3.63) is 0 Å². The van der Waals surface area contributed by atoms with Crippen molar-refractivity contribution in [1.29, 1.82) is 0 Å². The molecule has 6 heteroatoms. The summed E-state index contributed by atoms with van der Waals surface area (Å²) in [6, 6.07) is 0. The van der Waals surface area contributed by atoms with Crippen LogP contribution in [0, 0.1) is 0 Å². The lowest BCUT2D eigenvalue weighted by Crippen LogP contribution is -2.26. The molecular formula is C12H27NO4S. The van der Waals surface area contributed by atoms with E-state index in [1.54, 1.807) is 0 Å². The number of hydrogen-bond donors (Lipinski definition) is 2. The number of unbranched alkanes of at least 4 members (excludes halogenated alkanes) is 8. The molecule has 0 saturated heterocycles. The molecule has 0 heterocycles. The van der Waals surface area contributed by atoms with E-state index in [1.807, 2.05) is 0 Å². The molecule has 0 aromatic rings. The Balaban J connectivity index is 3.25. The Hall–Kier alpha value is -0.170. The lowest BCUT2D eigenvalue weighted by atomic mass is 10.1. The van der Waals surface area contributed by atoms with Gasteiger partial charge < -0.3 is 5.73 Å². The van der Waals surface area contributed by atoms with Crippen molar-refractivity contribution in [2.24, 2.45) is 5.73 Å². The van der Waals surface area contributed by atoms with Crippen LogP contribution in [0.1, 0.15) is 71.1 Å². The molecule has 3 N–H and O–H groups in total. The molecule has 0 fully saturated rings. The lowest BCUT2D eigenvalue weighted by molar-refractivity contribution is 0.175. The van der Waals surface area contributed by atoms with Crippen molar-refractivity contribution in [2.75, 3.05) is 0 Å². The number of nitrogens with two attached hydrogens (primary N) is 1. The van der Waals surface area contributed by atoms with Gasteiger partial charge in [-0.3, -0.25) is 4.55 Å². The van der Waals surface area contributed by atoms with Crippen molar-refractivity contribution < 1.29 is 17.2 Å². The molecule has 0 amide bonds. The highest BCUT2D eigenvalue weighted by Crippen LogP contribution is 2.11. The van der Waals surface area contributed by atoms with Crippen LogP contribution in [-0.2, 0) is 14.6 Å². The van der Waals surface area contributed by atoms with E-state index in [9.17, 15) is 8.42 Å². The van der Waals surface area contributed by atoms with Gasteiger partial charge in [-0.1, -0.05) is 58.3 Å². The third-order valence-electron chi connectivity index (χ3n) is 2.84. The Kier molecular flexibility index (Phi) is 10.6. The van der Waals surface area contributed by atoms with E-state index in [-0.39, 0.29) is 0 Å². The van der Waals surface area contributed by atoms with E-state index in [1.165, 1.54) is 38.5 Å². The first kappa shape index (κ1) is 17.8. The van der Waals surface area contributed by atoms with Crippen molar-refractivity contribution in [3.8, 4) is 0 Å². The molecule has 0 aliphatic heterocycles. The summed E-state index contributed by atoms with van der Waals surface area (Å²) in [5.74, 6) is 0. The number of hydrogen-bond acceptors (Lipinski definition) is 4. The van der Waals surface area contributed by atoms with Crippen LogP contribution in [-0.4, -0.2) is 19.2 Å². The second-order valence-electron chi connectivity index (χ2n) is 4.68. The second kappa shape index (κ2) is 10.7. The van der Waals surface area contributed by atoms with Gasteiger partial charge in [-0.2, -0.15) is 8.42 Å². The Morgan fingerprint density at radius 2 is 1.44 bits per heavy atom. The Morgan fingerprint density at radius 1 is 1.00 bits per heavy atom. The number of rotatable bonds is 12. The average Bonchev–Trinajstić information content (AvgIpc) is 2.24. The van der Waals surface area contributed by atoms with E-state index >= 15 is 0 Å². The monoisotopic (exact) mass is 281 g/mol. The molecule has 0 bridgehead atoms. The van der Waals surface area contributed by atoms with Crippen LogP contribution in [0.15, 0.2) is 0 Å². The summed E-state index contributed by atoms with van der Waals surface area (Å²) in [5, 5.41) is 0. The van der Waals surface area contributed by atoms with Crippen LogP contribution in [0.5, 0.6) is 0 Å². The normalized spacial score (nSPS) is 13.7. The summed E-state index contributed by atoms with van der Waals surface area (Å²) in [5.41, 5.74) is 5.39. The Bertz CT molecular complexity index is 280. The molecule has 0 saturated carbocycles. The van der Waals surface area contributed by atoms with Crippen molar-refractivity contribution in [1.82, 2.24) is 0 Å². The molecule has 110 valence electrons. The topological polar surface area (TPSA) is 89.6 Å². The third-order valence-corrected chi connectivity index (χ3v) is 3.33. The lowest BCUT2D eigenvalue weighted by Gasteiger charge is -2.09. The Morgan fingerprint density at radius 3 is 1.89 bits per heavy atom. The molecule has 0 aliphatic rings. The van der Waals surface area contributed by atoms with E-state index in [2.05, 4.69) is 11.1 Å². The molecule has 0 rings (SSSR count). The largest absolute Gasteiger partial charge is 0.398 e. The van der Waals surface area contributed by atoms with E-state index in [4.69, 9.17) is 10.3 Å². The summed E-state index contributed by atoms with van der Waals surface area (Å²) < 4.78 is 33.3. The molecule has 0 spiro atoms. The summed E-state index contributed by atoms with van der Waals surface area (Å²) in [4.78, 5) is 0. The van der Waals surface area contributed by atoms with Crippen molar-refractivity contribution >= 4 is 10.4 Å². The smallest absolute Gasteiger partial charge is 0.305 e. The SMILES string of the molecule is CCCCCCCCCCCC(N)OS(=O)(=O)O. The van der Waals surface area contributed by atoms with Gasteiger partial charge in [0.05, 0.1) is 0 Å². The summed E-state index contributed by atoms with van der Waals surface area (Å²) >= 11 is 0. The molecule has 0 aromatic carbocycles. The highest BCUT2D eigenvalue weighted by atomic mass is 32.3. The average molecular weight is 281 g/mol. The standard InChI is InChI=1S/C12H27NO4S/c1-2-3-4-5-6-7-8-9-10-11-12(13)17-18(14,15)16/h12H,2-11,13H2,1H3,(H,14,15,16). The van der Waals surface area contributed by atoms with Gasteiger partial charge in [0.1, 0.15) is 6.23 Å². The minimum Gasteiger partial charge on any atom is -0.305 e. The molecular weight excluding hydrogens is 254 g/mol. The third kappa shape index (κ3) is 13.9. The van der Waals surface area contributed by atoms with E-state index in [0.29, 0.717) is 6.42 Å². The van der Waals surface area contributed by atoms with Crippen LogP contribution in [0.2, 0.25) is 0 Å². The van der Waals surface area contributed by atoms with Gasteiger partial charge in [0.2, 0.25) is 0 Å². The molecule has 5 nitrogen and oxygen atoms in total. The zero-order chi connectivity index (χ0) is 13.9. The van der Waals surface area contributed by atoms with Gasteiger partial charge in [-0.25, -0.2) is 4.18 Å². The van der Waals surface area contributed by atoms with Crippen LogP contribution in [0.25, 0.3) is 0 Å². The molecule has 1 atom stereocenters. The molecule has 0 aliphatic carbocycles. The highest BCUT2D eigenvalue weighted by Gasteiger charge is 2.11. The predicted molar refractivity (Wildman–Crippen MR) is 72.5 cm³/mol. The van der Waals surface area contributed by atoms with Crippen molar-refractivity contribution in [2.45, 2.75) is 77.4 Å². The Labute approximate surface area is 111 Å². The summed E-state index contributed by atoms with van der Waals surface area (Å²) in [6.07, 6.45) is 10.2. The first-order valence-corrected chi connectivity index (χ1v) is 8.23. The zero-order valence-corrected chi connectivity index (χ0v) is 12.1. The maximum atomic E-state index is 10.4. The highest BCUT2D eigenvalue weighted by molar-refractivity contribution is 7.80. The molecule has 18 heavy (non-hydrogen) atoms. The minimum absolute atomic E-state index is 0.454. The first-order valence-electron chi connectivity index (χ1n) is 6.87. The van der Waals surface area contributed by atoms with E-state index in [0.717, 1.165) is 19.3 Å². The minimum atomic E-state index is -4.41. The quantitative estimate of drug-likeness (QED) is 0.326. The van der Waals surface area contributed by atoms with Gasteiger partial charge in [0.15, 0.2) is 0 Å². The van der Waals surface area contributed by atoms with Gasteiger partial charge in [0, 0.05) is 0 Å². The predicted octanol–water partition coefficient (Wildman–Crippen LogP) is 3.01. The van der Waals surface area contributed by atoms with Crippen LogP contribution in [0.3, 0.4) is 0 Å². The van der Waals surface area contributed by atoms with Gasteiger partial charge in [0.25, 0.3) is 0 Å². The fourth-order valence-electron chi connectivity index (χ4n) is 1.86. The van der Waals surface area contributed by atoms with Gasteiger partial charge in [-0.15, -0.1) is 0 Å².